The summed E-state index contributed by atoms with van der Waals surface area (Å²) in [5.74, 6) is 0.792. The fraction of sp³-hybridized carbons (Fsp3) is 0.231. The minimum absolute atomic E-state index is 0.792. The van der Waals surface area contributed by atoms with Gasteiger partial charge < -0.3 is 5.32 Å². The zero-order valence-corrected chi connectivity index (χ0v) is 9.78. The summed E-state index contributed by atoms with van der Waals surface area (Å²) in [6, 6.07) is 6.25. The second-order valence-electron chi connectivity index (χ2n) is 3.81. The molecule has 0 radical (unpaired) electrons. The van der Waals surface area contributed by atoms with E-state index in [1.165, 1.54) is 16.7 Å². The average Bonchev–Trinajstić information content (AvgIpc) is 2.29. The summed E-state index contributed by atoms with van der Waals surface area (Å²) in [5.41, 5.74) is 4.54. The molecule has 0 bridgehead atoms. The maximum absolute atomic E-state index is 4.51. The molecule has 82 valence electrons. The Kier molecular flexibility index (Phi) is 2.86. The Labute approximate surface area is 95.6 Å². The van der Waals surface area contributed by atoms with Crippen LogP contribution < -0.4 is 5.32 Å². The molecule has 0 unspecified atom stereocenters. The monoisotopic (exact) mass is 213 g/mol. The van der Waals surface area contributed by atoms with Gasteiger partial charge in [0.05, 0.1) is 18.1 Å². The van der Waals surface area contributed by atoms with Crippen molar-refractivity contribution in [2.24, 2.45) is 0 Å². The minimum atomic E-state index is 0.792. The van der Waals surface area contributed by atoms with Crippen molar-refractivity contribution in [2.45, 2.75) is 13.8 Å². The fourth-order valence-corrected chi connectivity index (χ4v) is 1.83. The molecule has 1 heterocycles. The van der Waals surface area contributed by atoms with E-state index in [1.807, 2.05) is 7.05 Å². The molecule has 0 aliphatic heterocycles. The maximum atomic E-state index is 4.51. The number of hydrogen-bond acceptors (Lipinski definition) is 3. The van der Waals surface area contributed by atoms with Crippen molar-refractivity contribution in [1.29, 1.82) is 0 Å². The van der Waals surface area contributed by atoms with Gasteiger partial charge in [-0.05, 0) is 25.0 Å². The number of benzene rings is 1. The Morgan fingerprint density at radius 1 is 1.06 bits per heavy atom. The molecule has 16 heavy (non-hydrogen) atoms. The van der Waals surface area contributed by atoms with Gasteiger partial charge in [-0.3, -0.25) is 4.98 Å². The van der Waals surface area contributed by atoms with Crippen molar-refractivity contribution in [3.8, 4) is 11.3 Å². The third-order valence-electron chi connectivity index (χ3n) is 2.63. The molecule has 3 nitrogen and oxygen atoms in total. The number of hydrogen-bond donors (Lipinski definition) is 1. The van der Waals surface area contributed by atoms with Crippen LogP contribution in [0.5, 0.6) is 0 Å². The van der Waals surface area contributed by atoms with Crippen molar-refractivity contribution >= 4 is 5.82 Å². The molecule has 0 spiro atoms. The summed E-state index contributed by atoms with van der Waals surface area (Å²) in [4.78, 5) is 8.70. The van der Waals surface area contributed by atoms with Gasteiger partial charge in [0.25, 0.3) is 0 Å². The van der Waals surface area contributed by atoms with Crippen LogP contribution in [0.4, 0.5) is 5.82 Å². The van der Waals surface area contributed by atoms with Crippen molar-refractivity contribution in [3.05, 3.63) is 41.7 Å². The van der Waals surface area contributed by atoms with Gasteiger partial charge in [0.1, 0.15) is 5.82 Å². The maximum Gasteiger partial charge on any atom is 0.144 e. The van der Waals surface area contributed by atoms with E-state index in [0.717, 1.165) is 11.5 Å². The molecule has 0 saturated heterocycles. The highest BCUT2D eigenvalue weighted by atomic mass is 15.0. The molecule has 2 aromatic rings. The first kappa shape index (κ1) is 10.6. The van der Waals surface area contributed by atoms with Gasteiger partial charge in [0.2, 0.25) is 0 Å². The summed E-state index contributed by atoms with van der Waals surface area (Å²) < 4.78 is 0. The molecule has 0 aliphatic rings. The predicted octanol–water partition coefficient (Wildman–Crippen LogP) is 2.80. The molecular weight excluding hydrogens is 198 g/mol. The summed E-state index contributed by atoms with van der Waals surface area (Å²) >= 11 is 0. The van der Waals surface area contributed by atoms with Crippen LogP contribution in [-0.4, -0.2) is 17.0 Å². The number of nitrogens with zero attached hydrogens (tertiary/aromatic N) is 2. The van der Waals surface area contributed by atoms with Gasteiger partial charge >= 0.3 is 0 Å². The van der Waals surface area contributed by atoms with Gasteiger partial charge in [-0.15, -0.1) is 0 Å². The van der Waals surface area contributed by atoms with Gasteiger partial charge in [0, 0.05) is 12.6 Å². The third-order valence-corrected chi connectivity index (χ3v) is 2.63. The lowest BCUT2D eigenvalue weighted by Crippen LogP contribution is -1.97. The zero-order chi connectivity index (χ0) is 11.5. The largest absolute Gasteiger partial charge is 0.372 e. The Morgan fingerprint density at radius 3 is 2.38 bits per heavy atom. The quantitative estimate of drug-likeness (QED) is 0.833. The normalized spacial score (nSPS) is 10.2. The summed E-state index contributed by atoms with van der Waals surface area (Å²) in [6.07, 6.45) is 3.52. The van der Waals surface area contributed by atoms with Crippen LogP contribution in [0, 0.1) is 13.8 Å². The van der Waals surface area contributed by atoms with Gasteiger partial charge in [-0.2, -0.15) is 0 Å². The molecule has 1 aromatic heterocycles. The molecule has 0 atom stereocenters. The highest BCUT2D eigenvalue weighted by Crippen LogP contribution is 2.25. The minimum Gasteiger partial charge on any atom is -0.372 e. The van der Waals surface area contributed by atoms with Crippen LogP contribution in [-0.2, 0) is 0 Å². The molecule has 0 amide bonds. The van der Waals surface area contributed by atoms with Crippen molar-refractivity contribution in [3.63, 3.8) is 0 Å². The number of anilines is 1. The molecular formula is C13H15N3. The molecule has 0 saturated carbocycles. The van der Waals surface area contributed by atoms with E-state index < -0.39 is 0 Å². The van der Waals surface area contributed by atoms with Crippen molar-refractivity contribution in [2.75, 3.05) is 12.4 Å². The molecule has 2 rings (SSSR count). The van der Waals surface area contributed by atoms with E-state index >= 15 is 0 Å². The van der Waals surface area contributed by atoms with Crippen LogP contribution in [0.2, 0.25) is 0 Å². The van der Waals surface area contributed by atoms with Crippen molar-refractivity contribution < 1.29 is 0 Å². The highest BCUT2D eigenvalue weighted by Gasteiger charge is 2.07. The van der Waals surface area contributed by atoms with Crippen LogP contribution in [0.3, 0.4) is 0 Å². The Bertz CT molecular complexity index is 486. The first-order valence-electron chi connectivity index (χ1n) is 5.28. The molecule has 0 fully saturated rings. The van der Waals surface area contributed by atoms with Crippen LogP contribution in [0.1, 0.15) is 11.1 Å². The van der Waals surface area contributed by atoms with E-state index in [4.69, 9.17) is 0 Å². The van der Waals surface area contributed by atoms with Crippen LogP contribution >= 0.6 is 0 Å². The average molecular weight is 213 g/mol. The Hall–Kier alpha value is -1.90. The predicted molar refractivity (Wildman–Crippen MR) is 66.5 cm³/mol. The summed E-state index contributed by atoms with van der Waals surface area (Å²) in [6.45, 7) is 4.19. The smallest absolute Gasteiger partial charge is 0.144 e. The number of nitrogens with one attached hydrogen (secondary N) is 1. The second-order valence-corrected chi connectivity index (χ2v) is 3.81. The summed E-state index contributed by atoms with van der Waals surface area (Å²) in [5, 5.41) is 3.00. The van der Waals surface area contributed by atoms with Gasteiger partial charge in [-0.25, -0.2) is 4.98 Å². The standard InChI is InChI=1S/C13H15N3/c1-9-5-4-6-10(2)13(9)11-7-15-8-12(14-3)16-11/h4-8H,1-3H3,(H,14,16). The zero-order valence-electron chi connectivity index (χ0n) is 9.78. The third kappa shape index (κ3) is 1.89. The molecule has 1 aromatic carbocycles. The van der Waals surface area contributed by atoms with E-state index in [9.17, 15) is 0 Å². The second kappa shape index (κ2) is 4.31. The van der Waals surface area contributed by atoms with Gasteiger partial charge in [0.15, 0.2) is 0 Å². The first-order valence-corrected chi connectivity index (χ1v) is 5.28. The van der Waals surface area contributed by atoms with Crippen LogP contribution in [0.15, 0.2) is 30.6 Å². The SMILES string of the molecule is CNc1cncc(-c2c(C)cccc2C)n1. The molecule has 3 heteroatoms. The molecule has 0 aliphatic carbocycles. The van der Waals surface area contributed by atoms with E-state index in [0.29, 0.717) is 0 Å². The van der Waals surface area contributed by atoms with Gasteiger partial charge in [-0.1, -0.05) is 18.2 Å². The lowest BCUT2D eigenvalue weighted by Gasteiger charge is -2.09. The van der Waals surface area contributed by atoms with E-state index in [-0.39, 0.29) is 0 Å². The Morgan fingerprint density at radius 2 is 1.75 bits per heavy atom. The highest BCUT2D eigenvalue weighted by molar-refractivity contribution is 5.67. The summed E-state index contributed by atoms with van der Waals surface area (Å²) in [7, 11) is 1.85. The van der Waals surface area contributed by atoms with E-state index in [1.54, 1.807) is 12.4 Å². The number of aromatic nitrogens is 2. The number of aryl methyl sites for hydroxylation is 2. The Balaban J connectivity index is 2.58. The van der Waals surface area contributed by atoms with Crippen molar-refractivity contribution in [1.82, 2.24) is 9.97 Å². The number of rotatable bonds is 2. The lowest BCUT2D eigenvalue weighted by molar-refractivity contribution is 1.18. The first-order chi connectivity index (χ1) is 7.72. The van der Waals surface area contributed by atoms with Crippen LogP contribution in [0.25, 0.3) is 11.3 Å². The topological polar surface area (TPSA) is 37.8 Å². The fourth-order valence-electron chi connectivity index (χ4n) is 1.83. The van der Waals surface area contributed by atoms with E-state index in [2.05, 4.69) is 47.3 Å². The lowest BCUT2D eigenvalue weighted by atomic mass is 10.0. The molecule has 1 N–H and O–H groups in total.